The number of carbonyl (C=O) groups excluding carboxylic acids is 2. The van der Waals surface area contributed by atoms with Gasteiger partial charge in [-0.15, -0.1) is 0 Å². The van der Waals surface area contributed by atoms with Crippen molar-refractivity contribution in [3.63, 3.8) is 0 Å². The first kappa shape index (κ1) is 33.5. The number of rotatable bonds is 8. The second-order valence-electron chi connectivity index (χ2n) is 14.0. The molecule has 3 fully saturated rings. The van der Waals surface area contributed by atoms with Crippen LogP contribution in [0.3, 0.4) is 0 Å². The monoisotopic (exact) mass is 687 g/mol. The van der Waals surface area contributed by atoms with Gasteiger partial charge in [0.1, 0.15) is 17.3 Å². The number of aryl methyl sites for hydroxylation is 1. The molecule has 3 aliphatic heterocycles. The van der Waals surface area contributed by atoms with Crippen molar-refractivity contribution in [1.29, 1.82) is 0 Å². The molecule has 2 aromatic carbocycles. The van der Waals surface area contributed by atoms with E-state index in [-0.39, 0.29) is 29.4 Å². The molecule has 4 heterocycles. The molecule has 1 unspecified atom stereocenters. The number of carbonyl (C=O) groups is 2. The van der Waals surface area contributed by atoms with Crippen molar-refractivity contribution in [2.24, 2.45) is 23.9 Å². The molecule has 1 saturated carbocycles. The average Bonchev–Trinajstić information content (AvgIpc) is 3.60. The Bertz CT molecular complexity index is 1860. The van der Waals surface area contributed by atoms with Crippen molar-refractivity contribution in [2.75, 3.05) is 43.5 Å². The molecular weight excluding hydrogens is 645 g/mol. The molecule has 1 N–H and O–H groups in total. The third-order valence-corrected chi connectivity index (χ3v) is 11.3. The number of nitrogens with zero attached hydrogens (tertiary/aromatic N) is 4. The van der Waals surface area contributed by atoms with E-state index in [9.17, 15) is 14.4 Å². The number of piperidine rings is 2. The average molecular weight is 688 g/mol. The largest absolute Gasteiger partial charge is 0.496 e. The lowest BCUT2D eigenvalue weighted by Crippen LogP contribution is -2.41. The predicted octanol–water partition coefficient (Wildman–Crippen LogP) is 6.02. The van der Waals surface area contributed by atoms with Crippen molar-refractivity contribution in [3.8, 4) is 16.9 Å². The molecule has 0 amide bonds. The van der Waals surface area contributed by atoms with Gasteiger partial charge in [0.25, 0.3) is 5.56 Å². The molecule has 1 aliphatic carbocycles. The molecule has 0 spiro atoms. The van der Waals surface area contributed by atoms with Gasteiger partial charge in [0.2, 0.25) is 0 Å². The third-order valence-electron chi connectivity index (χ3n) is 11.0. The summed E-state index contributed by atoms with van der Waals surface area (Å²) in [5.74, 6) is 1.57. The summed E-state index contributed by atoms with van der Waals surface area (Å²) in [4.78, 5) is 45.3. The van der Waals surface area contributed by atoms with Crippen LogP contribution in [0.5, 0.6) is 5.75 Å². The molecule has 49 heavy (non-hydrogen) atoms. The highest BCUT2D eigenvalue weighted by molar-refractivity contribution is 6.32. The fourth-order valence-electron chi connectivity index (χ4n) is 8.17. The molecule has 3 aromatic rings. The molecule has 7 rings (SSSR count). The summed E-state index contributed by atoms with van der Waals surface area (Å²) >= 11 is 6.92. The van der Waals surface area contributed by atoms with E-state index in [1.54, 1.807) is 24.9 Å². The predicted molar refractivity (Wildman–Crippen MR) is 191 cm³/mol. The van der Waals surface area contributed by atoms with E-state index >= 15 is 4.39 Å². The van der Waals surface area contributed by atoms with E-state index in [2.05, 4.69) is 20.1 Å². The summed E-state index contributed by atoms with van der Waals surface area (Å²) in [5, 5.41) is 3.78. The molecule has 4 aliphatic rings. The lowest BCUT2D eigenvalue weighted by Gasteiger charge is -2.41. The molecule has 258 valence electrons. The smallest absolute Gasteiger partial charge is 0.256 e. The zero-order valence-electron chi connectivity index (χ0n) is 28.1. The van der Waals surface area contributed by atoms with Gasteiger partial charge in [0.15, 0.2) is 5.78 Å². The maximum absolute atomic E-state index is 15.2. The standard InChI is InChI=1S/C38H43ClFN5O4/c1-43-21-30(28-19-41-20-29(28)38(43)48)25-15-32(39)31(37(16-25)49-2)22-44-11-7-23(8-12-44)24-9-13-45(14-10-24)35-6-3-26(17-33(35)40)42-34-5-4-27(46)18-36(34)47/h3,6,15-17,19,21,23-24,34,42H,4-5,7-14,18,20,22H2,1-2H3. The summed E-state index contributed by atoms with van der Waals surface area (Å²) in [6.07, 6.45) is 8.73. The maximum atomic E-state index is 15.2. The van der Waals surface area contributed by atoms with Gasteiger partial charge < -0.3 is 19.5 Å². The first-order chi connectivity index (χ1) is 23.7. The lowest BCUT2D eigenvalue weighted by atomic mass is 9.78. The van der Waals surface area contributed by atoms with Gasteiger partial charge in [0, 0.05) is 78.5 Å². The Kier molecular flexibility index (Phi) is 9.61. The number of methoxy groups -OCH3 is 1. The second kappa shape index (κ2) is 14.1. The first-order valence-electron chi connectivity index (χ1n) is 17.4. The van der Waals surface area contributed by atoms with Gasteiger partial charge in [-0.05, 0) is 92.9 Å². The van der Waals surface area contributed by atoms with E-state index in [0.717, 1.165) is 79.9 Å². The molecule has 0 bridgehead atoms. The number of fused-ring (bicyclic) bond motifs is 1. The van der Waals surface area contributed by atoms with Crippen LogP contribution in [0.2, 0.25) is 5.02 Å². The van der Waals surface area contributed by atoms with Gasteiger partial charge in [0.05, 0.1) is 31.8 Å². The van der Waals surface area contributed by atoms with Crippen LogP contribution in [-0.2, 0) is 29.7 Å². The minimum Gasteiger partial charge on any atom is -0.496 e. The SMILES string of the molecule is COc1cc(-c2cn(C)c(=O)c3c2C=NC3)cc(Cl)c1CN1CCC(C2CCN(c3ccc(NC4CCC(=O)CC4=O)cc3F)CC2)CC1. The number of Topliss-reactive ketones (excluding diaryl/α,β-unsaturated/α-hetero) is 2. The van der Waals surface area contributed by atoms with Crippen LogP contribution < -0.4 is 20.5 Å². The number of hydrogen-bond acceptors (Lipinski definition) is 8. The number of ketones is 2. The van der Waals surface area contributed by atoms with Crippen molar-refractivity contribution in [2.45, 2.75) is 64.1 Å². The van der Waals surface area contributed by atoms with Gasteiger partial charge in [-0.25, -0.2) is 4.39 Å². The van der Waals surface area contributed by atoms with E-state index < -0.39 is 6.04 Å². The molecule has 9 nitrogen and oxygen atoms in total. The summed E-state index contributed by atoms with van der Waals surface area (Å²) in [6.45, 7) is 4.71. The Morgan fingerprint density at radius 2 is 1.73 bits per heavy atom. The van der Waals surface area contributed by atoms with Crippen molar-refractivity contribution < 1.29 is 18.7 Å². The molecule has 1 aromatic heterocycles. The second-order valence-corrected chi connectivity index (χ2v) is 14.4. The van der Waals surface area contributed by atoms with E-state index in [0.29, 0.717) is 59.7 Å². The molecular formula is C38H43ClFN5O4. The highest BCUT2D eigenvalue weighted by Crippen LogP contribution is 2.39. The number of aromatic nitrogens is 1. The fraction of sp³-hybridized carbons (Fsp3) is 0.474. The Balaban J connectivity index is 0.931. The van der Waals surface area contributed by atoms with Crippen LogP contribution in [0.25, 0.3) is 11.1 Å². The molecule has 0 radical (unpaired) electrons. The number of nitrogens with one attached hydrogen (secondary N) is 1. The fourth-order valence-corrected chi connectivity index (χ4v) is 8.44. The van der Waals surface area contributed by atoms with E-state index in [4.69, 9.17) is 16.3 Å². The minimum atomic E-state index is -0.431. The van der Waals surface area contributed by atoms with Gasteiger partial charge in [-0.2, -0.15) is 0 Å². The van der Waals surface area contributed by atoms with Crippen molar-refractivity contribution in [3.05, 3.63) is 74.4 Å². The number of likely N-dealkylation sites (tertiary alicyclic amines) is 1. The Hall–Kier alpha value is -4.02. The molecule has 1 atom stereocenters. The topological polar surface area (TPSA) is 96.2 Å². The van der Waals surface area contributed by atoms with E-state index in [1.165, 1.54) is 6.07 Å². The van der Waals surface area contributed by atoms with Crippen LogP contribution in [-0.4, -0.2) is 66.6 Å². The highest BCUT2D eigenvalue weighted by Gasteiger charge is 2.32. The highest BCUT2D eigenvalue weighted by atomic mass is 35.5. The van der Waals surface area contributed by atoms with Gasteiger partial charge in [-0.3, -0.25) is 24.3 Å². The number of aliphatic imine (C=N–C) groups is 1. The summed E-state index contributed by atoms with van der Waals surface area (Å²) in [5.41, 5.74) is 5.51. The van der Waals surface area contributed by atoms with Crippen molar-refractivity contribution >= 4 is 40.8 Å². The zero-order valence-corrected chi connectivity index (χ0v) is 28.9. The molecule has 11 heteroatoms. The van der Waals surface area contributed by atoms with Crippen LogP contribution in [0, 0.1) is 17.7 Å². The van der Waals surface area contributed by atoms with Crippen LogP contribution >= 0.6 is 11.6 Å². The number of anilines is 2. The van der Waals surface area contributed by atoms with Gasteiger partial charge >= 0.3 is 0 Å². The Labute approximate surface area is 291 Å². The van der Waals surface area contributed by atoms with Gasteiger partial charge in [-0.1, -0.05) is 11.6 Å². The Morgan fingerprint density at radius 1 is 1.00 bits per heavy atom. The Morgan fingerprint density at radius 3 is 2.43 bits per heavy atom. The quantitative estimate of drug-likeness (QED) is 0.290. The maximum Gasteiger partial charge on any atom is 0.256 e. The summed E-state index contributed by atoms with van der Waals surface area (Å²) in [6, 6.07) is 8.68. The zero-order chi connectivity index (χ0) is 34.2. The first-order valence-corrected chi connectivity index (χ1v) is 17.7. The van der Waals surface area contributed by atoms with Crippen LogP contribution in [0.1, 0.15) is 61.6 Å². The number of pyridine rings is 1. The molecule has 2 saturated heterocycles. The number of benzene rings is 2. The summed E-state index contributed by atoms with van der Waals surface area (Å²) in [7, 11) is 3.43. The van der Waals surface area contributed by atoms with Crippen LogP contribution in [0.4, 0.5) is 15.8 Å². The minimum absolute atomic E-state index is 0.0232. The van der Waals surface area contributed by atoms with E-state index in [1.807, 2.05) is 30.5 Å². The number of ether oxygens (including phenoxy) is 1. The number of hydrogen-bond donors (Lipinski definition) is 1. The number of halogens is 2. The normalized spacial score (nSPS) is 20.6. The van der Waals surface area contributed by atoms with Crippen LogP contribution in [0.15, 0.2) is 46.3 Å². The summed E-state index contributed by atoms with van der Waals surface area (Å²) < 4.78 is 22.7. The third kappa shape index (κ3) is 6.90. The lowest BCUT2D eigenvalue weighted by molar-refractivity contribution is -0.130. The van der Waals surface area contributed by atoms with Crippen molar-refractivity contribution in [1.82, 2.24) is 9.47 Å².